The first kappa shape index (κ1) is 14.8. The summed E-state index contributed by atoms with van der Waals surface area (Å²) in [5.41, 5.74) is 0. The molecule has 0 saturated heterocycles. The number of methoxy groups -OCH3 is 1. The standard InChI is InChI=1S/C13H13BrN2O3S/c1-16(12-4-3-5-13(15-12)19-2)20(17,18)11-8-6-10(14)7-9-11/h3-9H,1-2H3. The number of benzene rings is 1. The van der Waals surface area contributed by atoms with Crippen molar-refractivity contribution in [2.24, 2.45) is 0 Å². The van der Waals surface area contributed by atoms with Gasteiger partial charge >= 0.3 is 0 Å². The highest BCUT2D eigenvalue weighted by molar-refractivity contribution is 9.10. The topological polar surface area (TPSA) is 59.5 Å². The van der Waals surface area contributed by atoms with E-state index < -0.39 is 10.0 Å². The van der Waals surface area contributed by atoms with Crippen LogP contribution in [-0.4, -0.2) is 27.6 Å². The molecule has 0 radical (unpaired) electrons. The molecule has 106 valence electrons. The first-order valence-electron chi connectivity index (χ1n) is 5.70. The molecular formula is C13H13BrN2O3S. The molecule has 0 saturated carbocycles. The van der Waals surface area contributed by atoms with Crippen LogP contribution < -0.4 is 9.04 Å². The van der Waals surface area contributed by atoms with Gasteiger partial charge in [0.1, 0.15) is 5.82 Å². The van der Waals surface area contributed by atoms with Gasteiger partial charge in [-0.2, -0.15) is 4.98 Å². The molecule has 0 fully saturated rings. The Morgan fingerprint density at radius 3 is 2.40 bits per heavy atom. The largest absolute Gasteiger partial charge is 0.481 e. The van der Waals surface area contributed by atoms with Crippen molar-refractivity contribution in [2.45, 2.75) is 4.90 Å². The zero-order valence-electron chi connectivity index (χ0n) is 10.9. The zero-order chi connectivity index (χ0) is 14.8. The minimum Gasteiger partial charge on any atom is -0.481 e. The van der Waals surface area contributed by atoms with E-state index in [4.69, 9.17) is 4.74 Å². The lowest BCUT2D eigenvalue weighted by atomic mass is 10.4. The quantitative estimate of drug-likeness (QED) is 0.844. The lowest BCUT2D eigenvalue weighted by molar-refractivity contribution is 0.398. The van der Waals surface area contributed by atoms with Crippen molar-refractivity contribution in [3.8, 4) is 5.88 Å². The molecule has 5 nitrogen and oxygen atoms in total. The van der Waals surface area contributed by atoms with Gasteiger partial charge in [0.15, 0.2) is 0 Å². The molecule has 0 spiro atoms. The van der Waals surface area contributed by atoms with Crippen molar-refractivity contribution in [3.05, 3.63) is 46.9 Å². The van der Waals surface area contributed by atoms with Crippen LogP contribution in [0.2, 0.25) is 0 Å². The monoisotopic (exact) mass is 356 g/mol. The lowest BCUT2D eigenvalue weighted by Crippen LogP contribution is -2.27. The van der Waals surface area contributed by atoms with E-state index in [1.165, 1.54) is 26.3 Å². The highest BCUT2D eigenvalue weighted by Crippen LogP contribution is 2.23. The van der Waals surface area contributed by atoms with Gasteiger partial charge in [-0.05, 0) is 30.3 Å². The Balaban J connectivity index is 2.40. The Hall–Kier alpha value is -1.60. The summed E-state index contributed by atoms with van der Waals surface area (Å²) in [5, 5.41) is 0. The molecule has 1 aromatic heterocycles. The predicted octanol–water partition coefficient (Wildman–Crippen LogP) is 2.68. The fourth-order valence-electron chi connectivity index (χ4n) is 1.58. The van der Waals surface area contributed by atoms with Crippen molar-refractivity contribution in [1.82, 2.24) is 4.98 Å². The molecule has 20 heavy (non-hydrogen) atoms. The molecule has 0 N–H and O–H groups in total. The van der Waals surface area contributed by atoms with Gasteiger partial charge in [-0.3, -0.25) is 4.31 Å². The third-order valence-electron chi connectivity index (χ3n) is 2.71. The van der Waals surface area contributed by atoms with Gasteiger partial charge in [0, 0.05) is 17.6 Å². The van der Waals surface area contributed by atoms with E-state index in [1.54, 1.807) is 30.3 Å². The van der Waals surface area contributed by atoms with E-state index >= 15 is 0 Å². The second kappa shape index (κ2) is 5.80. The van der Waals surface area contributed by atoms with Gasteiger partial charge in [-0.15, -0.1) is 0 Å². The molecule has 2 rings (SSSR count). The van der Waals surface area contributed by atoms with E-state index in [9.17, 15) is 8.42 Å². The number of hydrogen-bond acceptors (Lipinski definition) is 4. The maximum absolute atomic E-state index is 12.5. The van der Waals surface area contributed by atoms with Crippen molar-refractivity contribution in [1.29, 1.82) is 0 Å². The van der Waals surface area contributed by atoms with Gasteiger partial charge < -0.3 is 4.74 Å². The maximum Gasteiger partial charge on any atom is 0.265 e. The molecule has 1 aromatic carbocycles. The molecule has 0 aliphatic carbocycles. The van der Waals surface area contributed by atoms with Gasteiger partial charge in [0.2, 0.25) is 5.88 Å². The first-order valence-corrected chi connectivity index (χ1v) is 7.94. The minimum absolute atomic E-state index is 0.202. The van der Waals surface area contributed by atoms with Crippen LogP contribution in [0, 0.1) is 0 Å². The Kier molecular flexibility index (Phi) is 4.29. The summed E-state index contributed by atoms with van der Waals surface area (Å²) in [6, 6.07) is 11.4. The van der Waals surface area contributed by atoms with Gasteiger partial charge in [0.05, 0.1) is 12.0 Å². The molecule has 0 bridgehead atoms. The molecule has 0 aliphatic rings. The number of halogens is 1. The average molecular weight is 357 g/mol. The van der Waals surface area contributed by atoms with Gasteiger partial charge in [-0.1, -0.05) is 22.0 Å². The van der Waals surface area contributed by atoms with Crippen LogP contribution in [0.4, 0.5) is 5.82 Å². The van der Waals surface area contributed by atoms with Crippen LogP contribution in [0.3, 0.4) is 0 Å². The predicted molar refractivity (Wildman–Crippen MR) is 80.5 cm³/mol. The molecular weight excluding hydrogens is 344 g/mol. The van der Waals surface area contributed by atoms with Crippen molar-refractivity contribution >= 4 is 31.8 Å². The Morgan fingerprint density at radius 2 is 1.80 bits per heavy atom. The number of nitrogens with zero attached hydrogens (tertiary/aromatic N) is 2. The number of rotatable bonds is 4. The molecule has 0 atom stereocenters. The van der Waals surface area contributed by atoms with Crippen LogP contribution in [0.1, 0.15) is 0 Å². The molecule has 0 amide bonds. The number of hydrogen-bond donors (Lipinski definition) is 0. The Morgan fingerprint density at radius 1 is 1.15 bits per heavy atom. The lowest BCUT2D eigenvalue weighted by Gasteiger charge is -2.18. The van der Waals surface area contributed by atoms with Crippen LogP contribution >= 0.6 is 15.9 Å². The van der Waals surface area contributed by atoms with Crippen molar-refractivity contribution < 1.29 is 13.2 Å². The van der Waals surface area contributed by atoms with Crippen LogP contribution in [0.25, 0.3) is 0 Å². The van der Waals surface area contributed by atoms with Crippen molar-refractivity contribution in [2.75, 3.05) is 18.5 Å². The van der Waals surface area contributed by atoms with E-state index in [2.05, 4.69) is 20.9 Å². The Labute approximate surface area is 126 Å². The van der Waals surface area contributed by atoms with Crippen molar-refractivity contribution in [3.63, 3.8) is 0 Å². The second-order valence-electron chi connectivity index (χ2n) is 3.96. The number of sulfonamides is 1. The molecule has 0 aliphatic heterocycles. The van der Waals surface area contributed by atoms with Crippen LogP contribution in [-0.2, 0) is 10.0 Å². The number of anilines is 1. The summed E-state index contributed by atoms with van der Waals surface area (Å²) in [6.45, 7) is 0. The number of ether oxygens (including phenoxy) is 1. The zero-order valence-corrected chi connectivity index (χ0v) is 13.3. The summed E-state index contributed by atoms with van der Waals surface area (Å²) in [4.78, 5) is 4.32. The van der Waals surface area contributed by atoms with Crippen LogP contribution in [0.5, 0.6) is 5.88 Å². The summed E-state index contributed by atoms with van der Waals surface area (Å²) < 4.78 is 31.9. The Bertz CT molecular complexity index is 702. The first-order chi connectivity index (χ1) is 9.45. The number of pyridine rings is 1. The maximum atomic E-state index is 12.5. The minimum atomic E-state index is -3.64. The van der Waals surface area contributed by atoms with E-state index in [1.807, 2.05) is 0 Å². The SMILES string of the molecule is COc1cccc(N(C)S(=O)(=O)c2ccc(Br)cc2)n1. The summed E-state index contributed by atoms with van der Waals surface area (Å²) in [7, 11) is -0.700. The summed E-state index contributed by atoms with van der Waals surface area (Å²) >= 11 is 3.28. The highest BCUT2D eigenvalue weighted by Gasteiger charge is 2.22. The van der Waals surface area contributed by atoms with E-state index in [0.29, 0.717) is 11.7 Å². The fourth-order valence-corrected chi connectivity index (χ4v) is 2.99. The third-order valence-corrected chi connectivity index (χ3v) is 5.02. The molecule has 7 heteroatoms. The average Bonchev–Trinajstić information content (AvgIpc) is 2.47. The summed E-state index contributed by atoms with van der Waals surface area (Å²) in [6.07, 6.45) is 0. The van der Waals surface area contributed by atoms with E-state index in [-0.39, 0.29) is 4.90 Å². The third kappa shape index (κ3) is 2.94. The molecule has 2 aromatic rings. The summed E-state index contributed by atoms with van der Waals surface area (Å²) in [5.74, 6) is 0.660. The van der Waals surface area contributed by atoms with Crippen LogP contribution in [0.15, 0.2) is 51.8 Å². The smallest absolute Gasteiger partial charge is 0.265 e. The van der Waals surface area contributed by atoms with Gasteiger partial charge in [0.25, 0.3) is 10.0 Å². The highest BCUT2D eigenvalue weighted by atomic mass is 79.9. The normalized spacial score (nSPS) is 11.2. The number of aromatic nitrogens is 1. The van der Waals surface area contributed by atoms with Gasteiger partial charge in [-0.25, -0.2) is 8.42 Å². The fraction of sp³-hybridized carbons (Fsp3) is 0.154. The molecule has 0 unspecified atom stereocenters. The second-order valence-corrected chi connectivity index (χ2v) is 6.85. The van der Waals surface area contributed by atoms with E-state index in [0.717, 1.165) is 8.78 Å². The molecule has 1 heterocycles.